The van der Waals surface area contributed by atoms with Crippen LogP contribution < -0.4 is 5.32 Å². The van der Waals surface area contributed by atoms with E-state index in [4.69, 9.17) is 12.2 Å². The van der Waals surface area contributed by atoms with Crippen molar-refractivity contribution in [3.05, 3.63) is 41.1 Å². The minimum atomic E-state index is -4.37. The third-order valence-corrected chi connectivity index (χ3v) is 3.01. The lowest BCUT2D eigenvalue weighted by molar-refractivity contribution is -0.137. The molecule has 0 saturated carbocycles. The Morgan fingerprint density at radius 2 is 1.84 bits per heavy atom. The van der Waals surface area contributed by atoms with Gasteiger partial charge in [0.25, 0.3) is 5.91 Å². The van der Waals surface area contributed by atoms with Crippen molar-refractivity contribution < 1.29 is 18.0 Å². The summed E-state index contributed by atoms with van der Waals surface area (Å²) in [5.41, 5.74) is 0.00204. The number of likely N-dealkylation sites (N-methyl/N-ethyl adjacent to an activating group) is 1. The quantitative estimate of drug-likeness (QED) is 0.635. The van der Waals surface area contributed by atoms with Gasteiger partial charge in [0.05, 0.1) is 5.56 Å². The minimum absolute atomic E-state index is 0.243. The highest BCUT2D eigenvalue weighted by molar-refractivity contribution is 7.80. The van der Waals surface area contributed by atoms with E-state index in [2.05, 4.69) is 5.32 Å². The van der Waals surface area contributed by atoms with Gasteiger partial charge >= 0.3 is 6.18 Å². The predicted octanol–water partition coefficient (Wildman–Crippen LogP) is 2.39. The van der Waals surface area contributed by atoms with Crippen LogP contribution in [0.5, 0.6) is 0 Å². The van der Waals surface area contributed by atoms with Crippen LogP contribution in [0.4, 0.5) is 13.2 Å². The second kappa shape index (κ2) is 4.65. The van der Waals surface area contributed by atoms with Gasteiger partial charge in [0.1, 0.15) is 5.70 Å². The Morgan fingerprint density at radius 1 is 1.26 bits per heavy atom. The van der Waals surface area contributed by atoms with Gasteiger partial charge in [0.2, 0.25) is 0 Å². The molecule has 0 atom stereocenters. The molecule has 1 aliphatic rings. The molecule has 7 heteroatoms. The molecule has 0 bridgehead atoms. The summed E-state index contributed by atoms with van der Waals surface area (Å²) in [7, 11) is 1.52. The van der Waals surface area contributed by atoms with E-state index in [9.17, 15) is 18.0 Å². The molecule has 3 nitrogen and oxygen atoms in total. The number of alkyl halides is 3. The number of nitrogens with zero attached hydrogens (tertiary/aromatic N) is 1. The van der Waals surface area contributed by atoms with Crippen molar-refractivity contribution in [3.8, 4) is 0 Å². The molecular weight excluding hydrogens is 277 g/mol. The van der Waals surface area contributed by atoms with Crippen LogP contribution in [0.25, 0.3) is 6.08 Å². The smallest absolute Gasteiger partial charge is 0.328 e. The van der Waals surface area contributed by atoms with E-state index < -0.39 is 11.7 Å². The summed E-state index contributed by atoms with van der Waals surface area (Å²) >= 11 is 4.89. The summed E-state index contributed by atoms with van der Waals surface area (Å²) in [6.07, 6.45) is -2.91. The van der Waals surface area contributed by atoms with E-state index in [0.717, 1.165) is 12.1 Å². The van der Waals surface area contributed by atoms with Crippen molar-refractivity contribution in [1.82, 2.24) is 10.2 Å². The molecule has 1 N–H and O–H groups in total. The fraction of sp³-hybridized carbons (Fsp3) is 0.167. The van der Waals surface area contributed by atoms with Gasteiger partial charge in [0.15, 0.2) is 5.11 Å². The van der Waals surface area contributed by atoms with Gasteiger partial charge in [-0.3, -0.25) is 9.69 Å². The fourth-order valence-electron chi connectivity index (χ4n) is 1.56. The van der Waals surface area contributed by atoms with Gasteiger partial charge in [-0.25, -0.2) is 0 Å². The number of hydrogen-bond donors (Lipinski definition) is 1. The molecule has 0 aliphatic carbocycles. The van der Waals surface area contributed by atoms with Gasteiger partial charge in [-0.05, 0) is 36.0 Å². The van der Waals surface area contributed by atoms with Crippen molar-refractivity contribution in [2.24, 2.45) is 0 Å². The molecule has 1 heterocycles. The lowest BCUT2D eigenvalue weighted by Gasteiger charge is -2.06. The molecule has 0 spiro atoms. The number of halogens is 3. The molecule has 1 aromatic carbocycles. The number of rotatable bonds is 1. The first-order valence-electron chi connectivity index (χ1n) is 5.27. The zero-order chi connectivity index (χ0) is 14.2. The van der Waals surface area contributed by atoms with Crippen LogP contribution in [-0.2, 0) is 11.0 Å². The van der Waals surface area contributed by atoms with Gasteiger partial charge in [-0.1, -0.05) is 12.1 Å². The van der Waals surface area contributed by atoms with Gasteiger partial charge < -0.3 is 5.32 Å². The topological polar surface area (TPSA) is 32.3 Å². The third kappa shape index (κ3) is 2.76. The second-order valence-electron chi connectivity index (χ2n) is 3.97. The average molecular weight is 286 g/mol. The molecule has 1 fully saturated rings. The fourth-order valence-corrected chi connectivity index (χ4v) is 1.75. The van der Waals surface area contributed by atoms with E-state index in [1.54, 1.807) is 0 Å². The maximum atomic E-state index is 12.4. The van der Waals surface area contributed by atoms with Crippen molar-refractivity contribution in [3.63, 3.8) is 0 Å². The second-order valence-corrected chi connectivity index (χ2v) is 4.36. The Hall–Kier alpha value is -1.89. The number of thiocarbonyl (C=S) groups is 1. The van der Waals surface area contributed by atoms with Crippen molar-refractivity contribution >= 4 is 29.3 Å². The molecule has 1 amide bonds. The average Bonchev–Trinajstić information content (AvgIpc) is 2.57. The molecule has 2 rings (SSSR count). The highest BCUT2D eigenvalue weighted by Crippen LogP contribution is 2.29. The summed E-state index contributed by atoms with van der Waals surface area (Å²) in [6, 6.07) is 4.53. The minimum Gasteiger partial charge on any atom is -0.328 e. The van der Waals surface area contributed by atoms with E-state index in [1.165, 1.54) is 30.2 Å². The predicted molar refractivity (Wildman–Crippen MR) is 67.9 cm³/mol. The molecule has 0 unspecified atom stereocenters. The van der Waals surface area contributed by atoms with Crippen molar-refractivity contribution in [2.75, 3.05) is 7.05 Å². The van der Waals surface area contributed by atoms with Crippen molar-refractivity contribution in [2.45, 2.75) is 6.18 Å². The molecular formula is C12H9F3N2OS. The highest BCUT2D eigenvalue weighted by atomic mass is 32.1. The summed E-state index contributed by atoms with van der Waals surface area (Å²) in [6.45, 7) is 0. The molecule has 0 aromatic heterocycles. The third-order valence-electron chi connectivity index (χ3n) is 2.63. The number of hydrogen-bond acceptors (Lipinski definition) is 2. The number of carbonyl (C=O) groups is 1. The molecule has 19 heavy (non-hydrogen) atoms. The Bertz CT molecular complexity index is 563. The SMILES string of the molecule is CN1C(=O)/C(=C\c2ccc(C(F)(F)F)cc2)NC1=S. The highest BCUT2D eigenvalue weighted by Gasteiger charge is 2.30. The van der Waals surface area contributed by atoms with Crippen LogP contribution in [0.1, 0.15) is 11.1 Å². The Labute approximate surface area is 112 Å². The van der Waals surface area contributed by atoms with Gasteiger partial charge in [-0.2, -0.15) is 13.2 Å². The molecule has 1 aromatic rings. The van der Waals surface area contributed by atoms with Gasteiger partial charge in [0, 0.05) is 7.05 Å². The van der Waals surface area contributed by atoms with Crippen LogP contribution >= 0.6 is 12.2 Å². The number of benzene rings is 1. The lowest BCUT2D eigenvalue weighted by Crippen LogP contribution is -2.25. The van der Waals surface area contributed by atoms with Gasteiger partial charge in [-0.15, -0.1) is 0 Å². The first-order chi connectivity index (χ1) is 8.79. The molecule has 0 radical (unpaired) electrons. The molecule has 1 aliphatic heterocycles. The monoisotopic (exact) mass is 286 g/mol. The standard InChI is InChI=1S/C12H9F3N2OS/c1-17-10(18)9(16-11(17)19)6-7-2-4-8(5-3-7)12(13,14)15/h2-6H,1H3,(H,16,19)/b9-6+. The van der Waals surface area contributed by atoms with E-state index in [0.29, 0.717) is 5.56 Å². The number of carbonyl (C=O) groups excluding carboxylic acids is 1. The summed E-state index contributed by atoms with van der Waals surface area (Å²) in [5.74, 6) is -0.315. The largest absolute Gasteiger partial charge is 0.416 e. The number of amides is 1. The van der Waals surface area contributed by atoms with E-state index >= 15 is 0 Å². The first-order valence-corrected chi connectivity index (χ1v) is 5.68. The first kappa shape index (κ1) is 13.5. The summed E-state index contributed by atoms with van der Waals surface area (Å²) in [4.78, 5) is 12.9. The Balaban J connectivity index is 2.25. The van der Waals surface area contributed by atoms with Crippen LogP contribution in [-0.4, -0.2) is 23.0 Å². The van der Waals surface area contributed by atoms with Crippen molar-refractivity contribution in [1.29, 1.82) is 0 Å². The zero-order valence-corrected chi connectivity index (χ0v) is 10.6. The molecule has 1 saturated heterocycles. The maximum Gasteiger partial charge on any atom is 0.416 e. The van der Waals surface area contributed by atoms with Crippen LogP contribution in [0.3, 0.4) is 0 Å². The number of nitrogens with one attached hydrogen (secondary N) is 1. The summed E-state index contributed by atoms with van der Waals surface area (Å²) < 4.78 is 37.2. The Morgan fingerprint density at radius 3 is 2.26 bits per heavy atom. The summed E-state index contributed by atoms with van der Waals surface area (Å²) in [5, 5.41) is 2.96. The normalized spacial score (nSPS) is 18.1. The van der Waals surface area contributed by atoms with E-state index in [1.807, 2.05) is 0 Å². The lowest BCUT2D eigenvalue weighted by atomic mass is 10.1. The molecule has 100 valence electrons. The Kier molecular flexibility index (Phi) is 3.32. The van der Waals surface area contributed by atoms with E-state index in [-0.39, 0.29) is 16.7 Å². The maximum absolute atomic E-state index is 12.4. The van der Waals surface area contributed by atoms with Crippen LogP contribution in [0.15, 0.2) is 30.0 Å². The van der Waals surface area contributed by atoms with Crippen LogP contribution in [0.2, 0.25) is 0 Å². The van der Waals surface area contributed by atoms with Crippen LogP contribution in [0, 0.1) is 0 Å². The zero-order valence-electron chi connectivity index (χ0n) is 9.78.